The van der Waals surface area contributed by atoms with Crippen molar-refractivity contribution in [3.8, 4) is 5.75 Å². The monoisotopic (exact) mass is 453 g/mol. The van der Waals surface area contributed by atoms with Crippen LogP contribution >= 0.6 is 0 Å². The molecule has 0 fully saturated rings. The molecule has 0 amide bonds. The Balaban J connectivity index is 1.58. The number of rotatable bonds is 4. The Morgan fingerprint density at radius 2 is 1.47 bits per heavy atom. The van der Waals surface area contributed by atoms with E-state index >= 15 is 0 Å². The van der Waals surface area contributed by atoms with Gasteiger partial charge in [0.05, 0.1) is 5.56 Å². The van der Waals surface area contributed by atoms with Crippen LogP contribution in [-0.4, -0.2) is 5.97 Å². The predicted octanol–water partition coefficient (Wildman–Crippen LogP) is 7.56. The third kappa shape index (κ3) is 4.16. The summed E-state index contributed by atoms with van der Waals surface area (Å²) in [6, 6.07) is 19.1. The second-order valence-electron chi connectivity index (χ2n) is 10.8. The van der Waals surface area contributed by atoms with Crippen molar-refractivity contribution in [1.29, 1.82) is 0 Å². The largest absolute Gasteiger partial charge is 0.423 e. The van der Waals surface area contributed by atoms with Gasteiger partial charge in [-0.05, 0) is 100 Å². The van der Waals surface area contributed by atoms with Crippen molar-refractivity contribution in [2.45, 2.75) is 59.3 Å². The smallest absolute Gasteiger partial charge is 0.343 e. The summed E-state index contributed by atoms with van der Waals surface area (Å²) < 4.78 is 5.44. The minimum absolute atomic E-state index is 0.133. The van der Waals surface area contributed by atoms with Gasteiger partial charge in [0.1, 0.15) is 5.75 Å². The summed E-state index contributed by atoms with van der Waals surface area (Å²) in [4.78, 5) is 12.5. The number of allylic oxidation sites excluding steroid dienone is 1. The van der Waals surface area contributed by atoms with Crippen LogP contribution in [0.15, 0.2) is 60.7 Å². The minimum atomic E-state index is -0.384. The molecule has 1 unspecified atom stereocenters. The lowest BCUT2D eigenvalue weighted by Gasteiger charge is -2.32. The van der Waals surface area contributed by atoms with Gasteiger partial charge in [0.2, 0.25) is 0 Å². The van der Waals surface area contributed by atoms with Gasteiger partial charge in [0, 0.05) is 5.69 Å². The number of hydrogen-bond donors (Lipinski definition) is 1. The molecule has 0 bridgehead atoms. The second-order valence-corrected chi connectivity index (χ2v) is 10.8. The third-order valence-corrected chi connectivity index (χ3v) is 7.96. The van der Waals surface area contributed by atoms with E-state index in [1.54, 1.807) is 24.3 Å². The minimum Gasteiger partial charge on any atom is -0.423 e. The summed E-state index contributed by atoms with van der Waals surface area (Å²) >= 11 is 0. The first-order chi connectivity index (χ1) is 15.9. The summed E-state index contributed by atoms with van der Waals surface area (Å²) in [6.45, 7) is 16.2. The molecule has 0 aliphatic heterocycles. The van der Waals surface area contributed by atoms with Crippen LogP contribution in [0.4, 0.5) is 5.69 Å². The molecule has 1 aliphatic carbocycles. The molecule has 4 rings (SSSR count). The lowest BCUT2D eigenvalue weighted by molar-refractivity contribution is 0.0735. The van der Waals surface area contributed by atoms with Crippen LogP contribution in [0.25, 0.3) is 11.6 Å². The average molecular weight is 454 g/mol. The number of anilines is 1. The molecule has 1 atom stereocenters. The maximum Gasteiger partial charge on any atom is 0.343 e. The van der Waals surface area contributed by atoms with Crippen molar-refractivity contribution < 1.29 is 9.53 Å². The topological polar surface area (TPSA) is 52.3 Å². The Hall–Kier alpha value is -3.33. The highest BCUT2D eigenvalue weighted by Crippen LogP contribution is 2.54. The number of fused-ring (bicyclic) bond motifs is 1. The summed E-state index contributed by atoms with van der Waals surface area (Å²) in [7, 11) is 0. The van der Waals surface area contributed by atoms with Crippen LogP contribution in [-0.2, 0) is 10.8 Å². The van der Waals surface area contributed by atoms with Crippen LogP contribution in [0.2, 0.25) is 0 Å². The molecule has 1 aliphatic rings. The first-order valence-electron chi connectivity index (χ1n) is 11.9. The van der Waals surface area contributed by atoms with Crippen molar-refractivity contribution in [3.63, 3.8) is 0 Å². The number of nitrogen functional groups attached to an aromatic ring is 1. The zero-order chi connectivity index (χ0) is 24.8. The van der Waals surface area contributed by atoms with E-state index in [1.807, 2.05) is 24.3 Å². The van der Waals surface area contributed by atoms with Crippen molar-refractivity contribution >= 4 is 23.3 Å². The second kappa shape index (κ2) is 8.47. The molecule has 2 N–H and O–H groups in total. The number of carbonyl (C=O) groups excluding carboxylic acids is 1. The maximum atomic E-state index is 12.5. The normalized spacial score (nSPS) is 18.4. The van der Waals surface area contributed by atoms with Crippen molar-refractivity contribution in [2.75, 3.05) is 5.73 Å². The summed E-state index contributed by atoms with van der Waals surface area (Å²) in [5.41, 5.74) is 14.9. The molecule has 0 aromatic heterocycles. The number of esters is 1. The zero-order valence-electron chi connectivity index (χ0n) is 21.3. The van der Waals surface area contributed by atoms with Gasteiger partial charge in [-0.25, -0.2) is 4.79 Å². The van der Waals surface area contributed by atoms with Crippen LogP contribution < -0.4 is 10.5 Å². The molecule has 0 spiro atoms. The number of ether oxygens (including phenoxy) is 1. The lowest BCUT2D eigenvalue weighted by atomic mass is 9.71. The van der Waals surface area contributed by atoms with Crippen LogP contribution in [0.3, 0.4) is 0 Å². The van der Waals surface area contributed by atoms with Gasteiger partial charge >= 0.3 is 5.97 Å². The fourth-order valence-corrected chi connectivity index (χ4v) is 5.31. The van der Waals surface area contributed by atoms with E-state index in [4.69, 9.17) is 10.5 Å². The highest BCUT2D eigenvalue weighted by atomic mass is 16.5. The van der Waals surface area contributed by atoms with Crippen LogP contribution in [0.5, 0.6) is 5.75 Å². The molecule has 3 aromatic carbocycles. The number of nitrogens with two attached hydrogens (primary N) is 1. The van der Waals surface area contributed by atoms with Crippen LogP contribution in [0, 0.1) is 12.8 Å². The van der Waals surface area contributed by atoms with E-state index in [0.717, 1.165) is 5.56 Å². The van der Waals surface area contributed by atoms with Crippen molar-refractivity contribution in [3.05, 3.63) is 94.0 Å². The summed E-state index contributed by atoms with van der Waals surface area (Å²) in [6.07, 6.45) is 2.18. The quantitative estimate of drug-likeness (QED) is 0.192. The fraction of sp³-hybridized carbons (Fsp3) is 0.323. The van der Waals surface area contributed by atoms with Gasteiger partial charge in [0.25, 0.3) is 0 Å². The Morgan fingerprint density at radius 1 is 0.912 bits per heavy atom. The van der Waals surface area contributed by atoms with E-state index < -0.39 is 0 Å². The van der Waals surface area contributed by atoms with Gasteiger partial charge in [-0.1, -0.05) is 65.0 Å². The van der Waals surface area contributed by atoms with E-state index in [-0.39, 0.29) is 16.8 Å². The maximum absolute atomic E-state index is 12.5. The molecule has 0 radical (unpaired) electrons. The predicted molar refractivity (Wildman–Crippen MR) is 142 cm³/mol. The molecular formula is C31H35NO2. The van der Waals surface area contributed by atoms with E-state index in [0.29, 0.717) is 22.9 Å². The molecule has 176 valence electrons. The van der Waals surface area contributed by atoms with Gasteiger partial charge in [-0.2, -0.15) is 0 Å². The molecule has 34 heavy (non-hydrogen) atoms. The Bertz CT molecular complexity index is 1260. The first-order valence-corrected chi connectivity index (χ1v) is 11.9. The van der Waals surface area contributed by atoms with Gasteiger partial charge in [-0.3, -0.25) is 0 Å². The number of aryl methyl sites for hydroxylation is 1. The number of hydrogen-bond acceptors (Lipinski definition) is 3. The van der Waals surface area contributed by atoms with Crippen molar-refractivity contribution in [1.82, 2.24) is 0 Å². The molecule has 3 nitrogen and oxygen atoms in total. The molecule has 3 aromatic rings. The highest BCUT2D eigenvalue weighted by Gasteiger charge is 2.48. The average Bonchev–Trinajstić information content (AvgIpc) is 2.92. The van der Waals surface area contributed by atoms with Gasteiger partial charge in [-0.15, -0.1) is 0 Å². The number of carbonyl (C=O) groups is 1. The lowest BCUT2D eigenvalue weighted by Crippen LogP contribution is -2.30. The highest BCUT2D eigenvalue weighted by molar-refractivity contribution is 5.91. The van der Waals surface area contributed by atoms with E-state index in [9.17, 15) is 4.79 Å². The Morgan fingerprint density at radius 3 is 2.06 bits per heavy atom. The van der Waals surface area contributed by atoms with Gasteiger partial charge in [0.15, 0.2) is 0 Å². The van der Waals surface area contributed by atoms with Crippen LogP contribution in [0.1, 0.15) is 79.7 Å². The first kappa shape index (κ1) is 23.8. The Kier molecular flexibility index (Phi) is 5.93. The van der Waals surface area contributed by atoms with Gasteiger partial charge < -0.3 is 10.5 Å². The zero-order valence-corrected chi connectivity index (χ0v) is 21.3. The number of benzene rings is 3. The van der Waals surface area contributed by atoms with E-state index in [1.165, 1.54) is 27.8 Å². The van der Waals surface area contributed by atoms with Crippen molar-refractivity contribution in [2.24, 2.45) is 5.92 Å². The molecule has 0 saturated carbocycles. The molecule has 0 heterocycles. The fourth-order valence-electron chi connectivity index (χ4n) is 5.31. The summed E-state index contributed by atoms with van der Waals surface area (Å²) in [5, 5.41) is 0. The molecule has 0 saturated heterocycles. The van der Waals surface area contributed by atoms with E-state index in [2.05, 4.69) is 66.7 Å². The SMILES string of the molecule is CC(=Cc1ccc(C(=O)Oc2ccc(N)cc2)cc1)c1cc2c(cc1C)C(C)(C)C(C)C2(C)C. The molecule has 3 heteroatoms. The Labute approximate surface area is 203 Å². The summed E-state index contributed by atoms with van der Waals surface area (Å²) in [5.74, 6) is 0.659. The standard InChI is InChI=1S/C31H35NO2/c1-19(26-18-28-27(17-20(26)2)30(4,5)21(3)31(28,6)7)16-22-8-10-23(11-9-22)29(33)34-25-14-12-24(32)13-15-25/h8-18,21H,32H2,1-7H3. The third-order valence-electron chi connectivity index (χ3n) is 7.96. The molecular weight excluding hydrogens is 418 g/mol.